The molecule has 4 unspecified atom stereocenters. The van der Waals surface area contributed by atoms with Crippen LogP contribution in [0.15, 0.2) is 0 Å². The Morgan fingerprint density at radius 1 is 1.20 bits per heavy atom. The highest BCUT2D eigenvalue weighted by Crippen LogP contribution is 2.58. The van der Waals surface area contributed by atoms with Gasteiger partial charge in [0.2, 0.25) is 5.91 Å². The lowest BCUT2D eigenvalue weighted by molar-refractivity contribution is -0.139. The number of carbonyl (C=O) groups is 2. The molecular weight excluding hydrogens is 254 g/mol. The highest BCUT2D eigenvalue weighted by atomic mass is 16.4. The van der Waals surface area contributed by atoms with Crippen LogP contribution in [0.5, 0.6) is 0 Å². The molecule has 4 heteroatoms. The topological polar surface area (TPSA) is 57.6 Å². The minimum absolute atomic E-state index is 0.168. The molecule has 0 aromatic heterocycles. The molecule has 0 spiro atoms. The van der Waals surface area contributed by atoms with E-state index in [2.05, 4.69) is 0 Å². The number of carboxylic acids is 1. The van der Waals surface area contributed by atoms with Crippen molar-refractivity contribution in [2.24, 2.45) is 29.6 Å². The smallest absolute Gasteiger partial charge is 0.303 e. The predicted octanol–water partition coefficient (Wildman–Crippen LogP) is 2.38. The van der Waals surface area contributed by atoms with Gasteiger partial charge in [-0.1, -0.05) is 13.3 Å². The van der Waals surface area contributed by atoms with Gasteiger partial charge in [0.05, 0.1) is 0 Å². The molecule has 1 amide bonds. The summed E-state index contributed by atoms with van der Waals surface area (Å²) in [4.78, 5) is 25.4. The maximum absolute atomic E-state index is 12.6. The van der Waals surface area contributed by atoms with Crippen LogP contribution in [0.25, 0.3) is 0 Å². The van der Waals surface area contributed by atoms with E-state index in [0.29, 0.717) is 29.6 Å². The molecule has 1 saturated heterocycles. The van der Waals surface area contributed by atoms with Gasteiger partial charge < -0.3 is 10.0 Å². The first-order valence-electron chi connectivity index (χ1n) is 8.08. The first kappa shape index (κ1) is 13.9. The van der Waals surface area contributed by atoms with Crippen LogP contribution in [0.1, 0.15) is 45.4 Å². The van der Waals surface area contributed by atoms with E-state index in [-0.39, 0.29) is 12.3 Å². The van der Waals surface area contributed by atoms with Crippen molar-refractivity contribution in [1.29, 1.82) is 0 Å². The zero-order valence-corrected chi connectivity index (χ0v) is 12.3. The van der Waals surface area contributed by atoms with Gasteiger partial charge in [-0.3, -0.25) is 9.59 Å². The van der Waals surface area contributed by atoms with Gasteiger partial charge in [-0.15, -0.1) is 0 Å². The summed E-state index contributed by atoms with van der Waals surface area (Å²) < 4.78 is 0. The van der Waals surface area contributed by atoms with Gasteiger partial charge in [0.15, 0.2) is 0 Å². The number of amides is 1. The molecule has 0 bridgehead atoms. The van der Waals surface area contributed by atoms with Crippen LogP contribution in [0.4, 0.5) is 0 Å². The van der Waals surface area contributed by atoms with E-state index in [0.717, 1.165) is 25.9 Å². The van der Waals surface area contributed by atoms with E-state index in [1.54, 1.807) is 0 Å². The van der Waals surface area contributed by atoms with Crippen LogP contribution in [0.2, 0.25) is 0 Å². The van der Waals surface area contributed by atoms with E-state index in [1.807, 2.05) is 11.8 Å². The molecule has 1 N–H and O–H groups in total. The molecular formula is C16H25NO3. The van der Waals surface area contributed by atoms with Gasteiger partial charge in [-0.2, -0.15) is 0 Å². The zero-order chi connectivity index (χ0) is 14.3. The predicted molar refractivity (Wildman–Crippen MR) is 75.0 cm³/mol. The normalized spacial score (nSPS) is 37.4. The number of aliphatic carboxylic acids is 1. The summed E-state index contributed by atoms with van der Waals surface area (Å²) in [5, 5.41) is 8.92. The zero-order valence-electron chi connectivity index (χ0n) is 12.3. The van der Waals surface area contributed by atoms with E-state index >= 15 is 0 Å². The van der Waals surface area contributed by atoms with Gasteiger partial charge in [-0.05, 0) is 49.4 Å². The number of rotatable bonds is 4. The molecule has 0 aromatic rings. The number of nitrogens with zero attached hydrogens (tertiary/aromatic N) is 1. The van der Waals surface area contributed by atoms with E-state index < -0.39 is 5.97 Å². The van der Waals surface area contributed by atoms with Crippen molar-refractivity contribution >= 4 is 11.9 Å². The van der Waals surface area contributed by atoms with Crippen molar-refractivity contribution in [1.82, 2.24) is 4.90 Å². The molecule has 20 heavy (non-hydrogen) atoms. The Hall–Kier alpha value is -1.06. The first-order valence-corrected chi connectivity index (χ1v) is 8.08. The third kappa shape index (κ3) is 2.57. The lowest BCUT2D eigenvalue weighted by Gasteiger charge is -2.36. The van der Waals surface area contributed by atoms with Crippen LogP contribution in [0.3, 0.4) is 0 Å². The number of carboxylic acid groups (broad SMARTS) is 1. The van der Waals surface area contributed by atoms with Crippen molar-refractivity contribution in [2.75, 3.05) is 13.1 Å². The fraction of sp³-hybridized carbons (Fsp3) is 0.875. The Kier molecular flexibility index (Phi) is 3.74. The van der Waals surface area contributed by atoms with Crippen LogP contribution in [0, 0.1) is 29.6 Å². The third-order valence-corrected chi connectivity index (χ3v) is 5.76. The van der Waals surface area contributed by atoms with Crippen molar-refractivity contribution in [3.63, 3.8) is 0 Å². The average molecular weight is 279 g/mol. The van der Waals surface area contributed by atoms with Crippen LogP contribution in [-0.4, -0.2) is 35.0 Å². The highest BCUT2D eigenvalue weighted by Gasteiger charge is 2.57. The van der Waals surface area contributed by atoms with Gasteiger partial charge >= 0.3 is 5.97 Å². The van der Waals surface area contributed by atoms with E-state index in [9.17, 15) is 9.59 Å². The molecule has 4 nitrogen and oxygen atoms in total. The van der Waals surface area contributed by atoms with Crippen LogP contribution < -0.4 is 0 Å². The second-order valence-electron chi connectivity index (χ2n) is 7.05. The summed E-state index contributed by atoms with van der Waals surface area (Å²) in [6.07, 6.45) is 6.11. The third-order valence-electron chi connectivity index (χ3n) is 5.76. The molecule has 2 aliphatic carbocycles. The van der Waals surface area contributed by atoms with E-state index in [4.69, 9.17) is 5.11 Å². The Balaban J connectivity index is 1.55. The molecule has 3 aliphatic rings. The molecule has 3 fully saturated rings. The largest absolute Gasteiger partial charge is 0.481 e. The molecule has 0 aromatic carbocycles. The molecule has 4 atom stereocenters. The van der Waals surface area contributed by atoms with E-state index in [1.165, 1.54) is 19.3 Å². The van der Waals surface area contributed by atoms with Gasteiger partial charge in [0, 0.05) is 25.4 Å². The molecule has 0 radical (unpaired) electrons. The molecule has 2 saturated carbocycles. The Morgan fingerprint density at radius 2 is 1.90 bits per heavy atom. The number of hydrogen-bond acceptors (Lipinski definition) is 2. The number of carbonyl (C=O) groups excluding carboxylic acids is 1. The lowest BCUT2D eigenvalue weighted by atomic mass is 9.84. The summed E-state index contributed by atoms with van der Waals surface area (Å²) in [5.74, 6) is 1.85. The summed E-state index contributed by atoms with van der Waals surface area (Å²) in [5.41, 5.74) is 0. The first-order chi connectivity index (χ1) is 9.58. The number of likely N-dealkylation sites (tertiary alicyclic amines) is 1. The monoisotopic (exact) mass is 279 g/mol. The average Bonchev–Trinajstić information content (AvgIpc) is 2.89. The standard InChI is InChI=1S/C16H25NO3/c1-10(8-14(18)19)11-4-3-7-17(9-11)16(20)15-12-5-2-6-13(12)15/h10-13,15H,2-9H2,1H3,(H,18,19). The fourth-order valence-electron chi connectivity index (χ4n) is 4.52. The second-order valence-corrected chi connectivity index (χ2v) is 7.05. The Labute approximate surface area is 120 Å². The minimum atomic E-state index is -0.724. The van der Waals surface area contributed by atoms with Crippen LogP contribution in [-0.2, 0) is 9.59 Å². The van der Waals surface area contributed by atoms with Crippen molar-refractivity contribution in [3.05, 3.63) is 0 Å². The number of hydrogen-bond donors (Lipinski definition) is 1. The van der Waals surface area contributed by atoms with Crippen LogP contribution >= 0.6 is 0 Å². The highest BCUT2D eigenvalue weighted by molar-refractivity contribution is 5.82. The summed E-state index contributed by atoms with van der Waals surface area (Å²) in [7, 11) is 0. The van der Waals surface area contributed by atoms with Crippen molar-refractivity contribution in [2.45, 2.75) is 45.4 Å². The Morgan fingerprint density at radius 3 is 2.55 bits per heavy atom. The summed E-state index contributed by atoms with van der Waals surface area (Å²) in [6.45, 7) is 3.67. The SMILES string of the molecule is CC(CC(=O)O)C1CCCN(C(=O)C2C3CCCC32)C1. The fourth-order valence-corrected chi connectivity index (χ4v) is 4.52. The molecule has 1 aliphatic heterocycles. The maximum Gasteiger partial charge on any atom is 0.303 e. The minimum Gasteiger partial charge on any atom is -0.481 e. The second kappa shape index (κ2) is 5.38. The van der Waals surface area contributed by atoms with Gasteiger partial charge in [0.1, 0.15) is 0 Å². The van der Waals surface area contributed by atoms with Crippen molar-refractivity contribution < 1.29 is 14.7 Å². The van der Waals surface area contributed by atoms with Crippen molar-refractivity contribution in [3.8, 4) is 0 Å². The summed E-state index contributed by atoms with van der Waals surface area (Å²) in [6, 6.07) is 0. The van der Waals surface area contributed by atoms with Gasteiger partial charge in [0.25, 0.3) is 0 Å². The Bertz CT molecular complexity index is 399. The number of piperidine rings is 1. The maximum atomic E-state index is 12.6. The lowest BCUT2D eigenvalue weighted by Crippen LogP contribution is -2.43. The summed E-state index contributed by atoms with van der Waals surface area (Å²) >= 11 is 0. The molecule has 3 rings (SSSR count). The van der Waals surface area contributed by atoms with Gasteiger partial charge in [-0.25, -0.2) is 0 Å². The quantitative estimate of drug-likeness (QED) is 0.859. The number of fused-ring (bicyclic) bond motifs is 1. The molecule has 1 heterocycles. The molecule has 112 valence electrons.